The van der Waals surface area contributed by atoms with E-state index >= 15 is 0 Å². The zero-order valence-electron chi connectivity index (χ0n) is 11.8. The van der Waals surface area contributed by atoms with E-state index in [4.69, 9.17) is 0 Å². The minimum atomic E-state index is -3.02. The van der Waals surface area contributed by atoms with Crippen molar-refractivity contribution in [2.75, 3.05) is 24.6 Å². The minimum absolute atomic E-state index is 0.275. The molecule has 9 heteroatoms. The number of aryl methyl sites for hydroxylation is 1. The summed E-state index contributed by atoms with van der Waals surface area (Å²) in [7, 11) is -3.02. The number of aromatic nitrogens is 4. The fraction of sp³-hybridized carbons (Fsp3) is 0.583. The Morgan fingerprint density at radius 3 is 3.00 bits per heavy atom. The van der Waals surface area contributed by atoms with Gasteiger partial charge < -0.3 is 0 Å². The standard InChI is InChI=1S/C12H17N5O2S2/c1-2-10-8-11-15-13-9-17(11)12(14-10)20-6-5-16-4-3-7-21(16,18)19/h8-9H,2-7H2,1H3. The molecule has 0 unspecified atom stereocenters. The molecular weight excluding hydrogens is 310 g/mol. The molecule has 0 spiro atoms. The lowest BCUT2D eigenvalue weighted by Crippen LogP contribution is -2.28. The zero-order chi connectivity index (χ0) is 14.9. The maximum Gasteiger partial charge on any atom is 0.214 e. The normalized spacial score (nSPS) is 18.5. The molecular formula is C12H17N5O2S2. The van der Waals surface area contributed by atoms with Crippen LogP contribution in [0.15, 0.2) is 17.6 Å². The van der Waals surface area contributed by atoms with Gasteiger partial charge in [-0.15, -0.1) is 10.2 Å². The summed E-state index contributed by atoms with van der Waals surface area (Å²) in [4.78, 5) is 4.57. The van der Waals surface area contributed by atoms with Gasteiger partial charge >= 0.3 is 0 Å². The SMILES string of the molecule is CCc1cc2nncn2c(SCCN2CCCS2(=O)=O)n1. The first kappa shape index (κ1) is 14.7. The molecule has 21 heavy (non-hydrogen) atoms. The molecule has 0 amide bonds. The van der Waals surface area contributed by atoms with Gasteiger partial charge in [-0.2, -0.15) is 0 Å². The third-order valence-electron chi connectivity index (χ3n) is 3.45. The van der Waals surface area contributed by atoms with Crippen LogP contribution >= 0.6 is 11.8 Å². The van der Waals surface area contributed by atoms with E-state index in [1.165, 1.54) is 11.8 Å². The van der Waals surface area contributed by atoms with Crippen LogP contribution < -0.4 is 0 Å². The highest BCUT2D eigenvalue weighted by Crippen LogP contribution is 2.20. The van der Waals surface area contributed by atoms with Crippen LogP contribution in [0, 0.1) is 0 Å². The van der Waals surface area contributed by atoms with Crippen LogP contribution in [0.1, 0.15) is 19.0 Å². The summed E-state index contributed by atoms with van der Waals surface area (Å²) in [5, 5.41) is 8.76. The predicted octanol–water partition coefficient (Wildman–Crippen LogP) is 0.814. The van der Waals surface area contributed by atoms with Crippen LogP contribution in [0.2, 0.25) is 0 Å². The van der Waals surface area contributed by atoms with E-state index in [0.717, 1.165) is 29.3 Å². The van der Waals surface area contributed by atoms with Gasteiger partial charge in [0.05, 0.1) is 5.75 Å². The van der Waals surface area contributed by atoms with Gasteiger partial charge in [-0.3, -0.25) is 4.40 Å². The fourth-order valence-corrected chi connectivity index (χ4v) is 4.91. The van der Waals surface area contributed by atoms with Crippen molar-refractivity contribution >= 4 is 27.4 Å². The number of fused-ring (bicyclic) bond motifs is 1. The molecule has 0 aromatic carbocycles. The van der Waals surface area contributed by atoms with Gasteiger partial charge in [0.1, 0.15) is 6.33 Å². The Morgan fingerprint density at radius 1 is 1.43 bits per heavy atom. The van der Waals surface area contributed by atoms with Gasteiger partial charge in [-0.25, -0.2) is 17.7 Å². The quantitative estimate of drug-likeness (QED) is 0.597. The molecule has 0 N–H and O–H groups in total. The lowest BCUT2D eigenvalue weighted by atomic mass is 10.3. The number of sulfonamides is 1. The van der Waals surface area contributed by atoms with Crippen molar-refractivity contribution in [1.29, 1.82) is 0 Å². The van der Waals surface area contributed by atoms with Crippen molar-refractivity contribution in [3.63, 3.8) is 0 Å². The van der Waals surface area contributed by atoms with Crippen LogP contribution in [0.4, 0.5) is 0 Å². The summed E-state index contributed by atoms with van der Waals surface area (Å²) in [5.74, 6) is 0.948. The summed E-state index contributed by atoms with van der Waals surface area (Å²) in [6.07, 6.45) is 3.19. The number of thioether (sulfide) groups is 1. The van der Waals surface area contributed by atoms with Gasteiger partial charge in [0.15, 0.2) is 10.8 Å². The first-order valence-corrected chi connectivity index (χ1v) is 9.50. The van der Waals surface area contributed by atoms with Gasteiger partial charge in [-0.1, -0.05) is 18.7 Å². The third kappa shape index (κ3) is 3.04. The number of hydrogen-bond acceptors (Lipinski definition) is 6. The maximum absolute atomic E-state index is 11.8. The number of hydrogen-bond donors (Lipinski definition) is 0. The van der Waals surface area contributed by atoms with E-state index in [1.54, 1.807) is 10.6 Å². The molecule has 2 aromatic heterocycles. The van der Waals surface area contributed by atoms with Gasteiger partial charge in [0.2, 0.25) is 10.0 Å². The van der Waals surface area contributed by atoms with Crippen molar-refractivity contribution in [3.05, 3.63) is 18.1 Å². The molecule has 7 nitrogen and oxygen atoms in total. The number of nitrogens with zero attached hydrogens (tertiary/aromatic N) is 5. The highest BCUT2D eigenvalue weighted by Gasteiger charge is 2.27. The van der Waals surface area contributed by atoms with Crippen LogP contribution in [0.5, 0.6) is 0 Å². The van der Waals surface area contributed by atoms with Crippen molar-refractivity contribution in [3.8, 4) is 0 Å². The van der Waals surface area contributed by atoms with Gasteiger partial charge in [0, 0.05) is 30.6 Å². The zero-order valence-corrected chi connectivity index (χ0v) is 13.4. The van der Waals surface area contributed by atoms with E-state index in [2.05, 4.69) is 15.2 Å². The highest BCUT2D eigenvalue weighted by molar-refractivity contribution is 7.99. The molecule has 114 valence electrons. The summed E-state index contributed by atoms with van der Waals surface area (Å²) < 4.78 is 26.9. The largest absolute Gasteiger partial charge is 0.260 e. The fourth-order valence-electron chi connectivity index (χ4n) is 2.31. The minimum Gasteiger partial charge on any atom is -0.260 e. The molecule has 0 radical (unpaired) electrons. The van der Waals surface area contributed by atoms with Gasteiger partial charge in [-0.05, 0) is 12.8 Å². The van der Waals surface area contributed by atoms with E-state index in [0.29, 0.717) is 18.8 Å². The molecule has 1 aliphatic rings. The molecule has 0 bridgehead atoms. The lowest BCUT2D eigenvalue weighted by molar-refractivity contribution is 0.465. The lowest BCUT2D eigenvalue weighted by Gasteiger charge is -2.13. The predicted molar refractivity (Wildman–Crippen MR) is 80.9 cm³/mol. The van der Waals surface area contributed by atoms with E-state index in [-0.39, 0.29) is 5.75 Å². The second kappa shape index (κ2) is 5.90. The second-order valence-electron chi connectivity index (χ2n) is 4.86. The molecule has 3 rings (SSSR count). The monoisotopic (exact) mass is 327 g/mol. The van der Waals surface area contributed by atoms with E-state index in [1.807, 2.05) is 17.4 Å². The molecule has 2 aromatic rings. The number of rotatable bonds is 5. The summed E-state index contributed by atoms with van der Waals surface area (Å²) in [6, 6.07) is 1.92. The molecule has 1 fully saturated rings. The first-order chi connectivity index (χ1) is 10.1. The molecule has 0 aliphatic carbocycles. The molecule has 1 saturated heterocycles. The topological polar surface area (TPSA) is 80.5 Å². The van der Waals surface area contributed by atoms with E-state index in [9.17, 15) is 8.42 Å². The smallest absolute Gasteiger partial charge is 0.214 e. The second-order valence-corrected chi connectivity index (χ2v) is 8.01. The van der Waals surface area contributed by atoms with Crippen molar-refractivity contribution < 1.29 is 8.42 Å². The van der Waals surface area contributed by atoms with Crippen LogP contribution in [-0.4, -0.2) is 56.9 Å². The Bertz CT molecular complexity index is 743. The Hall–Kier alpha value is -1.19. The maximum atomic E-state index is 11.8. The summed E-state index contributed by atoms with van der Waals surface area (Å²) in [5.41, 5.74) is 1.74. The average Bonchev–Trinajstić information content (AvgIpc) is 3.05. The first-order valence-electron chi connectivity index (χ1n) is 6.90. The Morgan fingerprint density at radius 2 is 2.29 bits per heavy atom. The Labute approximate surface area is 127 Å². The molecule has 3 heterocycles. The Balaban J connectivity index is 1.72. The van der Waals surface area contributed by atoms with Crippen molar-refractivity contribution in [2.45, 2.75) is 24.9 Å². The summed E-state index contributed by atoms with van der Waals surface area (Å²) >= 11 is 1.54. The van der Waals surface area contributed by atoms with Crippen molar-refractivity contribution in [2.24, 2.45) is 0 Å². The van der Waals surface area contributed by atoms with Crippen molar-refractivity contribution in [1.82, 2.24) is 23.9 Å². The Kier molecular flexibility index (Phi) is 4.14. The van der Waals surface area contributed by atoms with E-state index < -0.39 is 10.0 Å². The molecule has 1 aliphatic heterocycles. The van der Waals surface area contributed by atoms with Crippen LogP contribution in [0.25, 0.3) is 5.65 Å². The molecule has 0 atom stereocenters. The highest BCUT2D eigenvalue weighted by atomic mass is 32.2. The third-order valence-corrected chi connectivity index (χ3v) is 6.34. The van der Waals surface area contributed by atoms with Gasteiger partial charge in [0.25, 0.3) is 0 Å². The van der Waals surface area contributed by atoms with Crippen LogP contribution in [-0.2, 0) is 16.4 Å². The average molecular weight is 327 g/mol. The molecule has 0 saturated carbocycles. The summed E-state index contributed by atoms with van der Waals surface area (Å²) in [6.45, 7) is 3.20. The van der Waals surface area contributed by atoms with Crippen LogP contribution in [0.3, 0.4) is 0 Å².